The third-order valence-electron chi connectivity index (χ3n) is 8.06. The fourth-order valence-electron chi connectivity index (χ4n) is 4.96. The van der Waals surface area contributed by atoms with E-state index < -0.39 is 77.9 Å². The largest absolute Gasteiger partial charge is 0.473 e. The Morgan fingerprint density at radius 2 is 0.918 bits per heavy atom. The Morgan fingerprint density at radius 3 is 1.27 bits per heavy atom. The quantitative estimate of drug-likeness (QED) is 0.139. The first-order chi connectivity index (χ1) is 21.6. The average Bonchev–Trinajstić information content (AvgIpc) is 2.96. The smallest absolute Gasteiger partial charge is 0.392 e. The lowest BCUT2D eigenvalue weighted by atomic mass is 9.77. The van der Waals surface area contributed by atoms with E-state index in [1.165, 1.54) is 0 Å². The number of carbonyl (C=O) groups excluding carboxylic acids is 1. The molecule has 0 unspecified atom stereocenters. The van der Waals surface area contributed by atoms with Crippen molar-refractivity contribution in [2.24, 2.45) is 5.92 Å². The van der Waals surface area contributed by atoms with Gasteiger partial charge in [-0.3, -0.25) is 0 Å². The van der Waals surface area contributed by atoms with Crippen LogP contribution in [0, 0.1) is 5.92 Å². The average molecular weight is 760 g/mol. The Hall–Kier alpha value is -2.71. The molecule has 2 rings (SSSR count). The molecule has 0 N–H and O–H groups in total. The van der Waals surface area contributed by atoms with E-state index in [1.54, 1.807) is 0 Å². The van der Waals surface area contributed by atoms with Crippen molar-refractivity contribution in [3.05, 3.63) is 35.4 Å². The lowest BCUT2D eigenvalue weighted by Gasteiger charge is -2.44. The van der Waals surface area contributed by atoms with Crippen LogP contribution in [0.5, 0.6) is 0 Å². The zero-order valence-corrected chi connectivity index (χ0v) is 24.6. The Balaban J connectivity index is 2.41. The van der Waals surface area contributed by atoms with Crippen LogP contribution in [0.25, 0.3) is 0 Å². The number of ether oxygens (including phenoxy) is 1. The van der Waals surface area contributed by atoms with Gasteiger partial charge < -0.3 is 4.74 Å². The second-order valence-corrected chi connectivity index (χ2v) is 11.5. The molecular formula is C27H24F20O2. The van der Waals surface area contributed by atoms with E-state index in [-0.39, 0.29) is 5.92 Å². The van der Waals surface area contributed by atoms with Gasteiger partial charge in [0.15, 0.2) is 0 Å². The molecule has 0 amide bonds. The summed E-state index contributed by atoms with van der Waals surface area (Å²) in [5.74, 6) is -78.7. The minimum Gasteiger partial charge on any atom is -0.392 e. The predicted molar refractivity (Wildman–Crippen MR) is 127 cm³/mol. The summed E-state index contributed by atoms with van der Waals surface area (Å²) in [4.78, 5) is 12.0. The highest BCUT2D eigenvalue weighted by molar-refractivity contribution is 5.89. The van der Waals surface area contributed by atoms with E-state index in [0.717, 1.165) is 37.8 Å². The van der Waals surface area contributed by atoms with Crippen molar-refractivity contribution in [1.29, 1.82) is 0 Å². The number of hydrogen-bond acceptors (Lipinski definition) is 2. The van der Waals surface area contributed by atoms with Gasteiger partial charge in [-0.1, -0.05) is 31.9 Å². The molecule has 0 atom stereocenters. The maximum absolute atomic E-state index is 14.1. The topological polar surface area (TPSA) is 26.3 Å². The zero-order valence-electron chi connectivity index (χ0n) is 24.6. The van der Waals surface area contributed by atoms with Crippen molar-refractivity contribution in [2.75, 3.05) is 0 Å². The molecule has 0 radical (unpaired) electrons. The Labute approximate surface area is 263 Å². The maximum Gasteiger partial charge on any atom is 0.473 e. The summed E-state index contributed by atoms with van der Waals surface area (Å²) in [6, 6.07) is 3.33. The van der Waals surface area contributed by atoms with Crippen LogP contribution in [0.4, 0.5) is 87.8 Å². The third kappa shape index (κ3) is 6.50. The fraction of sp³-hybridized carbons (Fsp3) is 0.741. The minimum atomic E-state index is -9.15. The molecule has 284 valence electrons. The molecule has 49 heavy (non-hydrogen) atoms. The van der Waals surface area contributed by atoms with Crippen LogP contribution in [0.3, 0.4) is 0 Å². The monoisotopic (exact) mass is 760 g/mol. The highest BCUT2D eigenvalue weighted by Gasteiger charge is 2.97. The normalized spacial score (nSPS) is 20.0. The van der Waals surface area contributed by atoms with Crippen molar-refractivity contribution in [3.63, 3.8) is 0 Å². The standard InChI is InChI=1S/C27H24F20O2/c1-3-4-13-5-7-14(8-6-13)15-9-11-16(12-10-15)17(48)49-27(46,47)26(44,45)25(42,43)24(40,41)23(38,39)22(36,37)21(34,35)20(32,33)19(30,31)18(2,28)29/h9-14H,3-8H2,1-2H3. The van der Waals surface area contributed by atoms with E-state index in [4.69, 9.17) is 0 Å². The second kappa shape index (κ2) is 12.8. The molecule has 1 saturated carbocycles. The number of alkyl halides is 20. The van der Waals surface area contributed by atoms with Crippen molar-refractivity contribution in [1.82, 2.24) is 0 Å². The number of benzene rings is 1. The molecule has 0 aromatic heterocycles. The molecule has 1 aliphatic rings. The molecule has 0 aliphatic heterocycles. The molecule has 2 nitrogen and oxygen atoms in total. The summed E-state index contributed by atoms with van der Waals surface area (Å²) in [5, 5.41) is 0. The van der Waals surface area contributed by atoms with E-state index in [2.05, 4.69) is 4.74 Å². The van der Waals surface area contributed by atoms with Gasteiger partial charge in [-0.2, -0.15) is 87.8 Å². The van der Waals surface area contributed by atoms with E-state index >= 15 is 0 Å². The zero-order chi connectivity index (χ0) is 38.7. The van der Waals surface area contributed by atoms with Gasteiger partial charge in [-0.25, -0.2) is 4.79 Å². The van der Waals surface area contributed by atoms with Crippen molar-refractivity contribution >= 4 is 5.97 Å². The molecule has 0 bridgehead atoms. The molecule has 1 fully saturated rings. The molecular weight excluding hydrogens is 736 g/mol. The van der Waals surface area contributed by atoms with Crippen molar-refractivity contribution < 1.29 is 97.3 Å². The minimum absolute atomic E-state index is 0.151. The first kappa shape index (κ1) is 42.5. The van der Waals surface area contributed by atoms with E-state index in [9.17, 15) is 92.6 Å². The molecule has 0 heterocycles. The van der Waals surface area contributed by atoms with E-state index in [0.29, 0.717) is 36.5 Å². The second-order valence-electron chi connectivity index (χ2n) is 11.5. The molecule has 1 aromatic carbocycles. The summed E-state index contributed by atoms with van der Waals surface area (Å²) < 4.78 is 278. The van der Waals surface area contributed by atoms with Gasteiger partial charge in [0.2, 0.25) is 0 Å². The summed E-state index contributed by atoms with van der Waals surface area (Å²) in [5.41, 5.74) is -0.720. The van der Waals surface area contributed by atoms with Crippen LogP contribution in [0.2, 0.25) is 0 Å². The highest BCUT2D eigenvalue weighted by Crippen LogP contribution is 2.66. The van der Waals surface area contributed by atoms with Crippen LogP contribution >= 0.6 is 0 Å². The SMILES string of the molecule is CCCC1CCC(c2ccc(C(=O)OC(F)(F)C(F)(F)C(F)(F)C(F)(F)C(F)(F)C(F)(F)C(F)(F)C(F)(F)C(F)(F)C(C)(F)F)cc2)CC1. The molecule has 0 saturated heterocycles. The van der Waals surface area contributed by atoms with Crippen molar-refractivity contribution in [3.8, 4) is 0 Å². The Bertz CT molecular complexity index is 1310. The molecule has 0 spiro atoms. The Kier molecular flexibility index (Phi) is 11.1. The van der Waals surface area contributed by atoms with Crippen LogP contribution in [0.15, 0.2) is 24.3 Å². The van der Waals surface area contributed by atoms with Gasteiger partial charge in [-0.15, -0.1) is 0 Å². The van der Waals surface area contributed by atoms with Gasteiger partial charge in [0.1, 0.15) is 0 Å². The number of halogens is 20. The van der Waals surface area contributed by atoms with Gasteiger partial charge in [0.25, 0.3) is 0 Å². The van der Waals surface area contributed by atoms with Crippen LogP contribution in [-0.2, 0) is 4.74 Å². The first-order valence-electron chi connectivity index (χ1n) is 13.8. The summed E-state index contributed by atoms with van der Waals surface area (Å²) in [7, 11) is 0. The fourth-order valence-corrected chi connectivity index (χ4v) is 4.96. The summed E-state index contributed by atoms with van der Waals surface area (Å²) in [6.45, 7) is 0.580. The molecule has 1 aliphatic carbocycles. The maximum atomic E-state index is 14.1. The number of hydrogen-bond donors (Lipinski definition) is 0. The number of esters is 1. The molecule has 1 aromatic rings. The highest BCUT2D eigenvalue weighted by atomic mass is 19.4. The Morgan fingerprint density at radius 1 is 0.571 bits per heavy atom. The van der Waals surface area contributed by atoms with Crippen LogP contribution < -0.4 is 0 Å². The molecule has 22 heteroatoms. The van der Waals surface area contributed by atoms with Crippen LogP contribution in [-0.4, -0.2) is 65.4 Å². The third-order valence-corrected chi connectivity index (χ3v) is 8.06. The van der Waals surface area contributed by atoms with Gasteiger partial charge in [0.05, 0.1) is 5.56 Å². The van der Waals surface area contributed by atoms with Crippen LogP contribution in [0.1, 0.15) is 74.2 Å². The number of rotatable bonds is 14. The van der Waals surface area contributed by atoms with Gasteiger partial charge in [0, 0.05) is 6.92 Å². The predicted octanol–water partition coefficient (Wildman–Crippen LogP) is 11.2. The summed E-state index contributed by atoms with van der Waals surface area (Å²) in [6.07, 6.45) is -2.80. The lowest BCUT2D eigenvalue weighted by molar-refractivity contribution is -0.477. The number of carbonyl (C=O) groups is 1. The van der Waals surface area contributed by atoms with Gasteiger partial charge in [-0.05, 0) is 55.2 Å². The van der Waals surface area contributed by atoms with E-state index in [1.807, 2.05) is 6.92 Å². The first-order valence-corrected chi connectivity index (χ1v) is 13.8. The van der Waals surface area contributed by atoms with Crippen molar-refractivity contribution in [2.45, 2.75) is 118 Å². The van der Waals surface area contributed by atoms with Gasteiger partial charge >= 0.3 is 65.4 Å². The summed E-state index contributed by atoms with van der Waals surface area (Å²) >= 11 is 0. The lowest BCUT2D eigenvalue weighted by Crippen LogP contribution is -2.77.